The molecule has 6 nitrogen and oxygen atoms in total. The lowest BCUT2D eigenvalue weighted by Gasteiger charge is -2.37. The number of allylic oxidation sites excluding steroid dienone is 2. The Bertz CT molecular complexity index is 1030. The lowest BCUT2D eigenvalue weighted by atomic mass is 9.76. The highest BCUT2D eigenvalue weighted by atomic mass is 19.1. The van der Waals surface area contributed by atoms with Gasteiger partial charge in [0.05, 0.1) is 12.0 Å². The van der Waals surface area contributed by atoms with Gasteiger partial charge >= 0.3 is 0 Å². The Balaban J connectivity index is 1.60. The second-order valence-electron chi connectivity index (χ2n) is 6.81. The van der Waals surface area contributed by atoms with Crippen molar-refractivity contribution in [2.24, 2.45) is 5.92 Å². The lowest BCUT2D eigenvalue weighted by molar-refractivity contribution is -0.123. The summed E-state index contributed by atoms with van der Waals surface area (Å²) >= 11 is 0. The molecule has 2 aliphatic rings. The summed E-state index contributed by atoms with van der Waals surface area (Å²) in [7, 11) is 0. The monoisotopic (exact) mass is 361 g/mol. The van der Waals surface area contributed by atoms with Gasteiger partial charge in [-0.25, -0.2) is 9.07 Å². The van der Waals surface area contributed by atoms with Crippen LogP contribution < -0.4 is 5.32 Å². The molecular formula is C20H16FN5O. The third kappa shape index (κ3) is 2.63. The van der Waals surface area contributed by atoms with E-state index in [1.54, 1.807) is 29.2 Å². The average molecular weight is 361 g/mol. The number of fused-ring (bicyclic) bond motifs is 2. The van der Waals surface area contributed by atoms with Crippen molar-refractivity contribution < 1.29 is 9.18 Å². The molecule has 1 aromatic carbocycles. The molecule has 0 amide bonds. The zero-order valence-corrected chi connectivity index (χ0v) is 14.3. The molecule has 3 atom stereocenters. The Labute approximate surface area is 154 Å². The van der Waals surface area contributed by atoms with Crippen LogP contribution in [0.1, 0.15) is 29.5 Å². The van der Waals surface area contributed by atoms with Gasteiger partial charge in [0.2, 0.25) is 5.95 Å². The average Bonchev–Trinajstić information content (AvgIpc) is 3.15. The Morgan fingerprint density at radius 3 is 2.78 bits per heavy atom. The minimum Gasteiger partial charge on any atom is -0.328 e. The van der Waals surface area contributed by atoms with Crippen molar-refractivity contribution in [2.45, 2.75) is 18.4 Å². The van der Waals surface area contributed by atoms with Crippen molar-refractivity contribution >= 4 is 11.7 Å². The molecule has 3 aromatic rings. The molecule has 0 radical (unpaired) electrons. The number of carbonyl (C=O) groups excluding carboxylic acids is 1. The molecule has 0 bridgehead atoms. The third-order valence-corrected chi connectivity index (χ3v) is 5.22. The number of carbonyl (C=O) groups is 1. The maximum atomic E-state index is 13.2. The largest absolute Gasteiger partial charge is 0.328 e. The minimum absolute atomic E-state index is 0.0964. The molecule has 3 heterocycles. The number of ketones is 1. The molecule has 0 fully saturated rings. The fourth-order valence-corrected chi connectivity index (χ4v) is 3.98. The number of hydrogen-bond acceptors (Lipinski definition) is 5. The molecular weight excluding hydrogens is 345 g/mol. The quantitative estimate of drug-likeness (QED) is 0.759. The number of benzene rings is 1. The van der Waals surface area contributed by atoms with Crippen LogP contribution in [0, 0.1) is 11.7 Å². The highest BCUT2D eigenvalue weighted by Crippen LogP contribution is 2.43. The first kappa shape index (κ1) is 15.9. The molecule has 2 aromatic heterocycles. The predicted octanol–water partition coefficient (Wildman–Crippen LogP) is 3.08. The first-order valence-electron chi connectivity index (χ1n) is 8.77. The standard InChI is InChI=1S/C20H16FN5O/c21-15-5-3-12(4-6-15)14-8-16-18(17(27)9-14)19(13-2-1-7-22-10-13)26-20(25-16)23-11-24-26/h1-8,10-11,14,18-19H,9H2,(H,23,24,25)/t14-,18-,19-/m1/s1. The van der Waals surface area contributed by atoms with Crippen molar-refractivity contribution in [1.29, 1.82) is 0 Å². The third-order valence-electron chi connectivity index (χ3n) is 5.22. The van der Waals surface area contributed by atoms with E-state index in [0.29, 0.717) is 12.4 Å². The number of nitrogens with one attached hydrogen (secondary N) is 1. The molecule has 0 saturated carbocycles. The van der Waals surface area contributed by atoms with Crippen molar-refractivity contribution in [3.8, 4) is 0 Å². The molecule has 134 valence electrons. The number of anilines is 1. The molecule has 1 aliphatic carbocycles. The summed E-state index contributed by atoms with van der Waals surface area (Å²) in [4.78, 5) is 21.6. The topological polar surface area (TPSA) is 72.7 Å². The van der Waals surface area contributed by atoms with Crippen LogP contribution in [0.5, 0.6) is 0 Å². The van der Waals surface area contributed by atoms with Crippen molar-refractivity contribution in [2.75, 3.05) is 5.32 Å². The number of Topliss-reactive ketones (excluding diaryl/α,β-unsaturated/α-hetero) is 1. The molecule has 0 spiro atoms. The van der Waals surface area contributed by atoms with E-state index in [1.165, 1.54) is 18.5 Å². The number of rotatable bonds is 2. The molecule has 7 heteroatoms. The molecule has 1 aliphatic heterocycles. The fraction of sp³-hybridized carbons (Fsp3) is 0.200. The van der Waals surface area contributed by atoms with Crippen molar-refractivity contribution in [3.05, 3.63) is 83.8 Å². The van der Waals surface area contributed by atoms with Gasteiger partial charge in [-0.3, -0.25) is 9.78 Å². The Hall–Kier alpha value is -3.35. The summed E-state index contributed by atoms with van der Waals surface area (Å²) < 4.78 is 15.0. The van der Waals surface area contributed by atoms with Crippen molar-refractivity contribution in [1.82, 2.24) is 19.7 Å². The van der Waals surface area contributed by atoms with Gasteiger partial charge in [0.25, 0.3) is 0 Å². The van der Waals surface area contributed by atoms with E-state index in [0.717, 1.165) is 16.8 Å². The minimum atomic E-state index is -0.375. The SMILES string of the molecule is O=C1C[C@H](c2ccc(F)cc2)C=C2Nc3ncnn3[C@H](c3cccnc3)[C@@H]12. The van der Waals surface area contributed by atoms with E-state index in [-0.39, 0.29) is 29.5 Å². The number of halogens is 1. The molecule has 5 rings (SSSR count). The summed E-state index contributed by atoms with van der Waals surface area (Å²) in [5.41, 5.74) is 2.65. The van der Waals surface area contributed by atoms with E-state index >= 15 is 0 Å². The highest BCUT2D eigenvalue weighted by molar-refractivity contribution is 5.88. The van der Waals surface area contributed by atoms with Gasteiger partial charge in [0.15, 0.2) is 0 Å². The van der Waals surface area contributed by atoms with Gasteiger partial charge in [-0.1, -0.05) is 24.3 Å². The Morgan fingerprint density at radius 1 is 1.15 bits per heavy atom. The number of nitrogens with zero attached hydrogens (tertiary/aromatic N) is 4. The lowest BCUT2D eigenvalue weighted by Crippen LogP contribution is -2.40. The van der Waals surface area contributed by atoms with E-state index in [4.69, 9.17) is 0 Å². The summed E-state index contributed by atoms with van der Waals surface area (Å²) in [5.74, 6) is -0.0452. The van der Waals surface area contributed by atoms with Crippen LogP contribution >= 0.6 is 0 Å². The second kappa shape index (κ2) is 6.12. The number of aromatic nitrogens is 4. The molecule has 0 unspecified atom stereocenters. The fourth-order valence-electron chi connectivity index (χ4n) is 3.98. The van der Waals surface area contributed by atoms with E-state index in [9.17, 15) is 9.18 Å². The summed E-state index contributed by atoms with van der Waals surface area (Å²) in [5, 5.41) is 7.58. The van der Waals surface area contributed by atoms with E-state index in [2.05, 4.69) is 26.5 Å². The highest BCUT2D eigenvalue weighted by Gasteiger charge is 2.43. The molecule has 27 heavy (non-hydrogen) atoms. The smallest absolute Gasteiger partial charge is 0.226 e. The maximum Gasteiger partial charge on any atom is 0.226 e. The van der Waals surface area contributed by atoms with Crippen LogP contribution in [-0.2, 0) is 4.79 Å². The van der Waals surface area contributed by atoms with Crippen LogP contribution in [-0.4, -0.2) is 25.5 Å². The first-order valence-corrected chi connectivity index (χ1v) is 8.77. The van der Waals surface area contributed by atoms with Crippen LogP contribution in [0.15, 0.2) is 66.9 Å². The normalized spacial score (nSPS) is 23.8. The summed E-state index contributed by atoms with van der Waals surface area (Å²) in [6, 6.07) is 9.83. The Kier molecular flexibility index (Phi) is 3.60. The van der Waals surface area contributed by atoms with Gasteiger partial charge in [-0.05, 0) is 29.3 Å². The summed E-state index contributed by atoms with van der Waals surface area (Å²) in [6.07, 6.45) is 7.36. The van der Waals surface area contributed by atoms with E-state index < -0.39 is 0 Å². The van der Waals surface area contributed by atoms with Gasteiger partial charge in [-0.15, -0.1) is 0 Å². The molecule has 0 saturated heterocycles. The molecule has 1 N–H and O–H groups in total. The maximum absolute atomic E-state index is 13.2. The number of hydrogen-bond donors (Lipinski definition) is 1. The second-order valence-corrected chi connectivity index (χ2v) is 6.81. The van der Waals surface area contributed by atoms with Gasteiger partial charge < -0.3 is 5.32 Å². The zero-order valence-electron chi connectivity index (χ0n) is 14.3. The van der Waals surface area contributed by atoms with Crippen LogP contribution in [0.2, 0.25) is 0 Å². The summed E-state index contributed by atoms with van der Waals surface area (Å²) in [6.45, 7) is 0. The predicted molar refractivity (Wildman–Crippen MR) is 96.4 cm³/mol. The number of pyridine rings is 1. The van der Waals surface area contributed by atoms with Crippen LogP contribution in [0.3, 0.4) is 0 Å². The van der Waals surface area contributed by atoms with Crippen molar-refractivity contribution in [3.63, 3.8) is 0 Å². The van der Waals surface area contributed by atoms with Gasteiger partial charge in [0, 0.05) is 30.4 Å². The zero-order chi connectivity index (χ0) is 18.4. The van der Waals surface area contributed by atoms with Gasteiger partial charge in [-0.2, -0.15) is 10.1 Å². The van der Waals surface area contributed by atoms with Crippen LogP contribution in [0.25, 0.3) is 0 Å². The first-order chi connectivity index (χ1) is 13.2. The van der Waals surface area contributed by atoms with Crippen LogP contribution in [0.4, 0.5) is 10.3 Å². The van der Waals surface area contributed by atoms with E-state index in [1.807, 2.05) is 12.1 Å². The van der Waals surface area contributed by atoms with Gasteiger partial charge in [0.1, 0.15) is 17.9 Å². The Morgan fingerprint density at radius 2 is 2.00 bits per heavy atom.